The molecule has 2 N–H and O–H groups in total. The summed E-state index contributed by atoms with van der Waals surface area (Å²) in [4.78, 5) is 3.59. The number of nitrogen functional groups attached to an aromatic ring is 1. The summed E-state index contributed by atoms with van der Waals surface area (Å²) in [5, 5.41) is 2.62. The van der Waals surface area contributed by atoms with Crippen LogP contribution in [0.4, 0.5) is 10.8 Å². The van der Waals surface area contributed by atoms with Gasteiger partial charge in [0, 0.05) is 23.6 Å². The van der Waals surface area contributed by atoms with Crippen molar-refractivity contribution in [2.75, 3.05) is 30.0 Å². The first kappa shape index (κ1) is 12.4. The maximum Gasteiger partial charge on any atom is 0.153 e. The number of hydrogen-bond acceptors (Lipinski definition) is 6. The Morgan fingerprint density at radius 3 is 2.56 bits per heavy atom. The molecule has 0 spiro atoms. The van der Waals surface area contributed by atoms with Crippen LogP contribution in [0.15, 0.2) is 4.90 Å². The predicted molar refractivity (Wildman–Crippen MR) is 77.0 cm³/mol. The van der Waals surface area contributed by atoms with Gasteiger partial charge in [0.05, 0.1) is 4.90 Å². The average Bonchev–Trinajstić information content (AvgIpc) is 2.58. The van der Waals surface area contributed by atoms with Gasteiger partial charge in [0.25, 0.3) is 0 Å². The van der Waals surface area contributed by atoms with Gasteiger partial charge in [0.15, 0.2) is 5.82 Å². The highest BCUT2D eigenvalue weighted by Gasteiger charge is 2.26. The molecule has 16 heavy (non-hydrogen) atoms. The standard InChI is InChI=1S/C10H17N3S3/c1-6-4-13(5-7(2)15-6)10-8(14-3)9(11)12-16-10/h6-7H,4-5H2,1-3H3,(H2,11,12). The number of anilines is 2. The Hall–Kier alpha value is -0.0700. The van der Waals surface area contributed by atoms with E-state index in [-0.39, 0.29) is 0 Å². The van der Waals surface area contributed by atoms with Crippen LogP contribution >= 0.6 is 35.1 Å². The highest BCUT2D eigenvalue weighted by atomic mass is 32.2. The van der Waals surface area contributed by atoms with Crippen molar-refractivity contribution < 1.29 is 0 Å². The smallest absolute Gasteiger partial charge is 0.153 e. The predicted octanol–water partition coefficient (Wildman–Crippen LogP) is 2.78. The highest BCUT2D eigenvalue weighted by molar-refractivity contribution is 8.00. The Morgan fingerprint density at radius 2 is 2.00 bits per heavy atom. The SMILES string of the molecule is CSc1c(N)nsc1N1CC(C)SC(C)C1. The van der Waals surface area contributed by atoms with Crippen LogP contribution in [0.25, 0.3) is 0 Å². The van der Waals surface area contributed by atoms with Gasteiger partial charge in [-0.15, -0.1) is 11.8 Å². The van der Waals surface area contributed by atoms with Crippen LogP contribution < -0.4 is 10.6 Å². The van der Waals surface area contributed by atoms with Gasteiger partial charge in [-0.2, -0.15) is 16.1 Å². The van der Waals surface area contributed by atoms with Crippen molar-refractivity contribution in [1.82, 2.24) is 4.37 Å². The molecule has 1 aliphatic heterocycles. The van der Waals surface area contributed by atoms with Crippen LogP contribution in [0.5, 0.6) is 0 Å². The van der Waals surface area contributed by atoms with E-state index in [2.05, 4.69) is 41.1 Å². The fourth-order valence-corrected chi connectivity index (χ4v) is 5.05. The third kappa shape index (κ3) is 2.43. The summed E-state index contributed by atoms with van der Waals surface area (Å²) >= 11 is 5.30. The molecular formula is C10H17N3S3. The van der Waals surface area contributed by atoms with Gasteiger partial charge in [-0.25, -0.2) is 0 Å². The molecule has 2 rings (SSSR count). The lowest BCUT2D eigenvalue weighted by atomic mass is 10.3. The van der Waals surface area contributed by atoms with E-state index < -0.39 is 0 Å². The lowest BCUT2D eigenvalue weighted by molar-refractivity contribution is 0.729. The second-order valence-corrected chi connectivity index (χ2v) is 7.52. The summed E-state index contributed by atoms with van der Waals surface area (Å²) in [6.45, 7) is 6.78. The molecule has 1 fully saturated rings. The Balaban J connectivity index is 2.22. The van der Waals surface area contributed by atoms with Gasteiger partial charge in [0.2, 0.25) is 0 Å². The van der Waals surface area contributed by atoms with Gasteiger partial charge in [-0.3, -0.25) is 0 Å². The number of nitrogens with two attached hydrogens (primary N) is 1. The zero-order valence-electron chi connectivity index (χ0n) is 9.77. The molecule has 3 nitrogen and oxygen atoms in total. The van der Waals surface area contributed by atoms with Gasteiger partial charge in [-0.05, 0) is 17.8 Å². The molecule has 1 saturated heterocycles. The first-order chi connectivity index (χ1) is 7.61. The van der Waals surface area contributed by atoms with E-state index in [9.17, 15) is 0 Å². The monoisotopic (exact) mass is 275 g/mol. The van der Waals surface area contributed by atoms with E-state index in [0.29, 0.717) is 16.3 Å². The zero-order chi connectivity index (χ0) is 11.7. The summed E-state index contributed by atoms with van der Waals surface area (Å²) in [6, 6.07) is 0. The van der Waals surface area contributed by atoms with E-state index in [1.807, 2.05) is 0 Å². The second kappa shape index (κ2) is 5.06. The van der Waals surface area contributed by atoms with Crippen LogP contribution in [0, 0.1) is 0 Å². The number of aromatic nitrogens is 1. The lowest BCUT2D eigenvalue weighted by Crippen LogP contribution is -2.40. The molecule has 2 unspecified atom stereocenters. The largest absolute Gasteiger partial charge is 0.382 e. The Labute approximate surface area is 109 Å². The maximum atomic E-state index is 5.87. The molecular weight excluding hydrogens is 258 g/mol. The van der Waals surface area contributed by atoms with E-state index >= 15 is 0 Å². The molecule has 2 atom stereocenters. The van der Waals surface area contributed by atoms with Crippen LogP contribution in [0.3, 0.4) is 0 Å². The van der Waals surface area contributed by atoms with Crippen molar-refractivity contribution in [2.24, 2.45) is 0 Å². The van der Waals surface area contributed by atoms with Crippen molar-refractivity contribution in [2.45, 2.75) is 29.2 Å². The molecule has 0 saturated carbocycles. The van der Waals surface area contributed by atoms with Crippen molar-refractivity contribution >= 4 is 45.9 Å². The van der Waals surface area contributed by atoms with E-state index in [0.717, 1.165) is 18.0 Å². The van der Waals surface area contributed by atoms with Gasteiger partial charge in [0.1, 0.15) is 5.00 Å². The number of nitrogens with zero attached hydrogens (tertiary/aromatic N) is 2. The molecule has 0 aromatic carbocycles. The third-order valence-corrected chi connectivity index (χ3v) is 5.66. The molecule has 90 valence electrons. The fraction of sp³-hybridized carbons (Fsp3) is 0.700. The Kier molecular flexibility index (Phi) is 3.92. The topological polar surface area (TPSA) is 42.1 Å². The van der Waals surface area contributed by atoms with Crippen LogP contribution in [0.2, 0.25) is 0 Å². The van der Waals surface area contributed by atoms with Crippen molar-refractivity contribution in [3.05, 3.63) is 0 Å². The summed E-state index contributed by atoms with van der Waals surface area (Å²) < 4.78 is 4.26. The van der Waals surface area contributed by atoms with Crippen molar-refractivity contribution in [1.29, 1.82) is 0 Å². The van der Waals surface area contributed by atoms with Crippen LogP contribution in [-0.4, -0.2) is 34.2 Å². The van der Waals surface area contributed by atoms with Gasteiger partial charge < -0.3 is 10.6 Å². The normalized spacial score (nSPS) is 26.1. The summed E-state index contributed by atoms with van der Waals surface area (Å²) in [6.07, 6.45) is 2.06. The first-order valence-corrected chi connectivity index (χ1v) is 8.25. The van der Waals surface area contributed by atoms with Crippen LogP contribution in [-0.2, 0) is 0 Å². The molecule has 0 radical (unpaired) electrons. The maximum absolute atomic E-state index is 5.87. The van der Waals surface area contributed by atoms with Crippen LogP contribution in [0.1, 0.15) is 13.8 Å². The summed E-state index contributed by atoms with van der Waals surface area (Å²) in [5.41, 5.74) is 5.87. The number of thioether (sulfide) groups is 2. The van der Waals surface area contributed by atoms with E-state index in [1.165, 1.54) is 16.5 Å². The van der Waals surface area contributed by atoms with E-state index in [1.54, 1.807) is 11.8 Å². The molecule has 0 aliphatic carbocycles. The number of hydrogen-bond donors (Lipinski definition) is 1. The van der Waals surface area contributed by atoms with E-state index in [4.69, 9.17) is 5.73 Å². The molecule has 0 amide bonds. The second-order valence-electron chi connectivity index (χ2n) is 4.07. The summed E-state index contributed by atoms with van der Waals surface area (Å²) in [7, 11) is 0. The highest BCUT2D eigenvalue weighted by Crippen LogP contribution is 2.40. The molecule has 1 aromatic rings. The fourth-order valence-electron chi connectivity index (χ4n) is 2.02. The molecule has 2 heterocycles. The average molecular weight is 275 g/mol. The van der Waals surface area contributed by atoms with Gasteiger partial charge in [-0.1, -0.05) is 13.8 Å². The van der Waals surface area contributed by atoms with Crippen molar-refractivity contribution in [3.63, 3.8) is 0 Å². The molecule has 1 aliphatic rings. The minimum Gasteiger partial charge on any atom is -0.382 e. The van der Waals surface area contributed by atoms with Gasteiger partial charge >= 0.3 is 0 Å². The van der Waals surface area contributed by atoms with Crippen molar-refractivity contribution in [3.8, 4) is 0 Å². The summed E-state index contributed by atoms with van der Waals surface area (Å²) in [5.74, 6) is 0.686. The minimum atomic E-state index is 0.682. The molecule has 6 heteroatoms. The Morgan fingerprint density at radius 1 is 1.38 bits per heavy atom. The molecule has 0 bridgehead atoms. The quantitative estimate of drug-likeness (QED) is 0.841. The minimum absolute atomic E-state index is 0.682. The number of rotatable bonds is 2. The third-order valence-electron chi connectivity index (χ3n) is 2.57. The Bertz CT molecular complexity index is 356. The first-order valence-electron chi connectivity index (χ1n) is 5.31. The lowest BCUT2D eigenvalue weighted by Gasteiger charge is -2.35. The zero-order valence-corrected chi connectivity index (χ0v) is 12.2. The molecule has 1 aromatic heterocycles.